The Hall–Kier alpha value is -1.32. The zero-order valence-corrected chi connectivity index (χ0v) is 18.5. The van der Waals surface area contributed by atoms with Crippen molar-refractivity contribution in [3.05, 3.63) is 11.6 Å². The first-order valence-corrected chi connectivity index (χ1v) is 12.1. The molecule has 2 saturated carbocycles. The van der Waals surface area contributed by atoms with Gasteiger partial charge in [-0.1, -0.05) is 26.8 Å². The van der Waals surface area contributed by atoms with Gasteiger partial charge in [-0.15, -0.1) is 0 Å². The van der Waals surface area contributed by atoms with E-state index < -0.39 is 0 Å². The first-order chi connectivity index (χ1) is 13.8. The summed E-state index contributed by atoms with van der Waals surface area (Å²) in [6.07, 6.45) is 12.1. The Kier molecular flexibility index (Phi) is 4.64. The molecule has 0 aromatic heterocycles. The molecule has 2 saturated heterocycles. The van der Waals surface area contributed by atoms with E-state index in [-0.39, 0.29) is 16.7 Å². The number of hydrogen-bond acceptors (Lipinski definition) is 2. The molecule has 0 aromatic carbocycles. The summed E-state index contributed by atoms with van der Waals surface area (Å²) in [4.78, 5) is 27.6. The predicted octanol–water partition coefficient (Wildman–Crippen LogP) is 4.30. The average molecular weight is 399 g/mol. The molecule has 5 rings (SSSR count). The van der Waals surface area contributed by atoms with Gasteiger partial charge in [0.15, 0.2) is 0 Å². The van der Waals surface area contributed by atoms with E-state index in [4.69, 9.17) is 0 Å². The van der Waals surface area contributed by atoms with Crippen LogP contribution in [-0.4, -0.2) is 35.8 Å². The maximum absolute atomic E-state index is 13.5. The second-order valence-electron chi connectivity index (χ2n) is 11.4. The largest absolute Gasteiger partial charge is 0.353 e. The number of nitrogens with one attached hydrogen (secondary N) is 1. The van der Waals surface area contributed by atoms with Gasteiger partial charge in [0, 0.05) is 36.5 Å². The topological polar surface area (TPSA) is 49.4 Å². The van der Waals surface area contributed by atoms with Crippen LogP contribution in [0.2, 0.25) is 0 Å². The molecule has 1 unspecified atom stereocenters. The van der Waals surface area contributed by atoms with E-state index in [1.807, 2.05) is 0 Å². The normalized spacial score (nSPS) is 45.0. The number of carbonyl (C=O) groups excluding carboxylic acids is 2. The summed E-state index contributed by atoms with van der Waals surface area (Å²) in [5.74, 6) is 3.34. The molecule has 160 valence electrons. The van der Waals surface area contributed by atoms with Crippen LogP contribution < -0.4 is 5.32 Å². The van der Waals surface area contributed by atoms with Crippen LogP contribution in [-0.2, 0) is 9.59 Å². The van der Waals surface area contributed by atoms with E-state index in [0.717, 1.165) is 63.1 Å². The van der Waals surface area contributed by atoms with Crippen LogP contribution in [0, 0.1) is 34.5 Å². The molecule has 0 spiro atoms. The zero-order valence-electron chi connectivity index (χ0n) is 18.5. The number of amides is 2. The zero-order chi connectivity index (χ0) is 20.4. The molecule has 6 atom stereocenters. The van der Waals surface area contributed by atoms with E-state index in [2.05, 4.69) is 37.1 Å². The third-order valence-electron chi connectivity index (χ3n) is 9.98. The summed E-state index contributed by atoms with van der Waals surface area (Å²) in [6.45, 7) is 9.02. The minimum absolute atomic E-state index is 0.0580. The van der Waals surface area contributed by atoms with E-state index in [1.165, 1.54) is 12.8 Å². The predicted molar refractivity (Wildman–Crippen MR) is 114 cm³/mol. The molecule has 5 aliphatic rings. The summed E-state index contributed by atoms with van der Waals surface area (Å²) >= 11 is 0. The van der Waals surface area contributed by atoms with Gasteiger partial charge in [-0.25, -0.2) is 0 Å². The fourth-order valence-electron chi connectivity index (χ4n) is 7.98. The molecule has 1 N–H and O–H groups in total. The van der Waals surface area contributed by atoms with Gasteiger partial charge < -0.3 is 10.2 Å². The molecule has 3 aliphatic carbocycles. The van der Waals surface area contributed by atoms with Crippen molar-refractivity contribution >= 4 is 11.8 Å². The van der Waals surface area contributed by atoms with Crippen LogP contribution >= 0.6 is 0 Å². The van der Waals surface area contributed by atoms with E-state index in [0.29, 0.717) is 36.1 Å². The Morgan fingerprint density at radius 2 is 1.83 bits per heavy atom. The third-order valence-corrected chi connectivity index (χ3v) is 9.98. The Morgan fingerprint density at radius 3 is 2.59 bits per heavy atom. The van der Waals surface area contributed by atoms with Gasteiger partial charge >= 0.3 is 0 Å². The van der Waals surface area contributed by atoms with Crippen LogP contribution in [0.5, 0.6) is 0 Å². The molecule has 2 amide bonds. The van der Waals surface area contributed by atoms with Gasteiger partial charge in [-0.3, -0.25) is 9.59 Å². The van der Waals surface area contributed by atoms with Crippen molar-refractivity contribution in [1.82, 2.24) is 10.2 Å². The van der Waals surface area contributed by atoms with Crippen molar-refractivity contribution in [3.8, 4) is 0 Å². The Labute approximate surface area is 175 Å². The highest BCUT2D eigenvalue weighted by atomic mass is 16.2. The maximum Gasteiger partial charge on any atom is 0.250 e. The number of rotatable bonds is 1. The lowest BCUT2D eigenvalue weighted by atomic mass is 9.47. The summed E-state index contributed by atoms with van der Waals surface area (Å²) in [6, 6.07) is 0.361. The van der Waals surface area contributed by atoms with Crippen molar-refractivity contribution in [2.75, 3.05) is 13.1 Å². The minimum Gasteiger partial charge on any atom is -0.353 e. The third kappa shape index (κ3) is 2.91. The van der Waals surface area contributed by atoms with Crippen molar-refractivity contribution in [1.29, 1.82) is 0 Å². The highest BCUT2D eigenvalue weighted by Crippen LogP contribution is 2.64. The van der Waals surface area contributed by atoms with Gasteiger partial charge in [-0.05, 0) is 80.5 Å². The van der Waals surface area contributed by atoms with E-state index >= 15 is 0 Å². The molecule has 2 aliphatic heterocycles. The second-order valence-corrected chi connectivity index (χ2v) is 11.4. The number of piperidine rings is 2. The Morgan fingerprint density at radius 1 is 1.07 bits per heavy atom. The van der Waals surface area contributed by atoms with Gasteiger partial charge in [0.05, 0.1) is 0 Å². The standard InChI is InChI=1S/C25H38N2O2/c1-16-10-14-27(15-11-16)23(29)20-6-5-18-17-4-7-21-25(3,13-9-22(28)26-21)19(17)8-12-24(18,20)2/h6,16-19,21H,4-5,7-15H2,1-3H3,(H,26,28)/t17-,18-,19+,21?,24-,25+/m0/s1. The lowest BCUT2D eigenvalue weighted by Crippen LogP contribution is -2.61. The maximum atomic E-state index is 13.5. The summed E-state index contributed by atoms with van der Waals surface area (Å²) < 4.78 is 0. The number of hydrogen-bond donors (Lipinski definition) is 1. The van der Waals surface area contributed by atoms with Gasteiger partial charge in [-0.2, -0.15) is 0 Å². The Bertz CT molecular complexity index is 737. The van der Waals surface area contributed by atoms with Crippen molar-refractivity contribution in [2.24, 2.45) is 34.5 Å². The van der Waals surface area contributed by atoms with Gasteiger partial charge in [0.25, 0.3) is 0 Å². The smallest absolute Gasteiger partial charge is 0.250 e. The number of fused-ring (bicyclic) bond motifs is 5. The highest BCUT2D eigenvalue weighted by Gasteiger charge is 2.59. The molecule has 29 heavy (non-hydrogen) atoms. The Balaban J connectivity index is 1.35. The monoisotopic (exact) mass is 398 g/mol. The minimum atomic E-state index is 0.0580. The number of likely N-dealkylation sites (tertiary alicyclic amines) is 1. The summed E-state index contributed by atoms with van der Waals surface area (Å²) in [7, 11) is 0. The molecule has 4 fully saturated rings. The van der Waals surface area contributed by atoms with Crippen LogP contribution in [0.1, 0.15) is 78.6 Å². The molecular formula is C25H38N2O2. The van der Waals surface area contributed by atoms with Crippen molar-refractivity contribution in [2.45, 2.75) is 84.6 Å². The van der Waals surface area contributed by atoms with Crippen molar-refractivity contribution in [3.63, 3.8) is 0 Å². The molecule has 0 aromatic rings. The molecule has 4 nitrogen and oxygen atoms in total. The lowest BCUT2D eigenvalue weighted by Gasteiger charge is -2.60. The summed E-state index contributed by atoms with van der Waals surface area (Å²) in [5, 5.41) is 3.32. The number of nitrogens with zero attached hydrogens (tertiary/aromatic N) is 1. The fraction of sp³-hybridized carbons (Fsp3) is 0.840. The quantitative estimate of drug-likeness (QED) is 0.716. The van der Waals surface area contributed by atoms with Gasteiger partial charge in [0.2, 0.25) is 11.8 Å². The SMILES string of the molecule is CC1CCN(C(=O)C2=CC[C@H]3[C@@H]4CCC5NC(=O)CC[C@]5(C)[C@@H]4CC[C@]23C)CC1. The van der Waals surface area contributed by atoms with Crippen LogP contribution in [0.3, 0.4) is 0 Å². The summed E-state index contributed by atoms with van der Waals surface area (Å²) in [5.41, 5.74) is 1.44. The van der Waals surface area contributed by atoms with Crippen LogP contribution in [0.4, 0.5) is 0 Å². The van der Waals surface area contributed by atoms with E-state index in [9.17, 15) is 9.59 Å². The molecular weight excluding hydrogens is 360 g/mol. The average Bonchev–Trinajstić information content (AvgIpc) is 3.06. The lowest BCUT2D eigenvalue weighted by molar-refractivity contribution is -0.137. The fourth-order valence-corrected chi connectivity index (χ4v) is 7.98. The second kappa shape index (κ2) is 6.85. The molecule has 4 heteroatoms. The van der Waals surface area contributed by atoms with Crippen molar-refractivity contribution < 1.29 is 9.59 Å². The highest BCUT2D eigenvalue weighted by molar-refractivity contribution is 5.95. The van der Waals surface area contributed by atoms with E-state index in [1.54, 1.807) is 0 Å². The first kappa shape index (κ1) is 19.6. The molecule has 2 heterocycles. The molecule has 0 bridgehead atoms. The van der Waals surface area contributed by atoms with Crippen LogP contribution in [0.15, 0.2) is 11.6 Å². The number of carbonyl (C=O) groups is 2. The molecule has 0 radical (unpaired) electrons. The number of allylic oxidation sites excluding steroid dienone is 1. The first-order valence-electron chi connectivity index (χ1n) is 12.1. The van der Waals surface area contributed by atoms with Crippen LogP contribution in [0.25, 0.3) is 0 Å². The van der Waals surface area contributed by atoms with Gasteiger partial charge in [0.1, 0.15) is 0 Å².